The summed E-state index contributed by atoms with van der Waals surface area (Å²) in [5.74, 6) is 1.67. The average molecular weight is 365 g/mol. The maximum atomic E-state index is 12.3. The van der Waals surface area contributed by atoms with Crippen molar-refractivity contribution in [2.24, 2.45) is 11.7 Å². The number of benzene rings is 2. The molecule has 2 aromatic carbocycles. The van der Waals surface area contributed by atoms with Crippen molar-refractivity contribution in [2.45, 2.75) is 13.8 Å². The molecule has 0 fully saturated rings. The van der Waals surface area contributed by atoms with Crippen LogP contribution in [0.2, 0.25) is 0 Å². The molecule has 0 saturated carbocycles. The summed E-state index contributed by atoms with van der Waals surface area (Å²) in [5.41, 5.74) is 6.65. The Morgan fingerprint density at radius 2 is 1.80 bits per heavy atom. The minimum atomic E-state index is -0.180. The van der Waals surface area contributed by atoms with Crippen molar-refractivity contribution >= 4 is 24.0 Å². The second kappa shape index (κ2) is 10.6. The summed E-state index contributed by atoms with van der Waals surface area (Å²) in [6.07, 6.45) is 0. The number of carbonyl (C=O) groups excluding carboxylic acids is 1. The summed E-state index contributed by atoms with van der Waals surface area (Å²) in [4.78, 5) is 12.3. The fourth-order valence-electron chi connectivity index (χ4n) is 2.00. The lowest BCUT2D eigenvalue weighted by molar-refractivity contribution is 0.102. The molecule has 25 heavy (non-hydrogen) atoms. The number of hydrogen-bond acceptors (Lipinski definition) is 4. The number of nitrogens with one attached hydrogen (secondary N) is 1. The number of halogens is 1. The highest BCUT2D eigenvalue weighted by Gasteiger charge is 2.08. The lowest BCUT2D eigenvalue weighted by Gasteiger charge is -2.11. The molecule has 0 heterocycles. The molecule has 0 saturated heterocycles. The number of nitrogens with two attached hydrogens (primary N) is 1. The first-order valence-corrected chi connectivity index (χ1v) is 8.05. The van der Waals surface area contributed by atoms with Crippen molar-refractivity contribution < 1.29 is 14.3 Å². The fourth-order valence-corrected chi connectivity index (χ4v) is 2.00. The maximum absolute atomic E-state index is 12.3. The van der Waals surface area contributed by atoms with Crippen molar-refractivity contribution in [3.05, 3.63) is 54.1 Å². The van der Waals surface area contributed by atoms with Gasteiger partial charge in [0.1, 0.15) is 18.1 Å². The third-order valence-corrected chi connectivity index (χ3v) is 3.18. The van der Waals surface area contributed by atoms with Gasteiger partial charge in [0.2, 0.25) is 0 Å². The Morgan fingerprint density at radius 3 is 2.44 bits per heavy atom. The molecule has 2 rings (SSSR count). The minimum absolute atomic E-state index is 0. The van der Waals surface area contributed by atoms with Crippen LogP contribution >= 0.6 is 12.4 Å². The van der Waals surface area contributed by atoms with E-state index in [0.29, 0.717) is 42.7 Å². The van der Waals surface area contributed by atoms with Gasteiger partial charge in [0.05, 0.1) is 6.61 Å². The van der Waals surface area contributed by atoms with Gasteiger partial charge in [-0.25, -0.2) is 0 Å². The SMILES string of the molecule is CC(C)COc1cccc(C(=O)Nc2ccc(OCCN)cc2)c1.Cl. The number of rotatable bonds is 8. The van der Waals surface area contributed by atoms with Crippen LogP contribution < -0.4 is 20.5 Å². The van der Waals surface area contributed by atoms with E-state index < -0.39 is 0 Å². The van der Waals surface area contributed by atoms with Crippen LogP contribution in [-0.4, -0.2) is 25.7 Å². The van der Waals surface area contributed by atoms with Crippen LogP contribution in [0.4, 0.5) is 5.69 Å². The Hall–Kier alpha value is -2.24. The number of anilines is 1. The van der Waals surface area contributed by atoms with E-state index in [9.17, 15) is 4.79 Å². The van der Waals surface area contributed by atoms with Gasteiger partial charge in [-0.05, 0) is 48.4 Å². The third kappa shape index (κ3) is 7.03. The zero-order valence-corrected chi connectivity index (χ0v) is 15.3. The highest BCUT2D eigenvalue weighted by molar-refractivity contribution is 6.04. The van der Waals surface area contributed by atoms with Crippen LogP contribution in [0.3, 0.4) is 0 Å². The molecule has 5 nitrogen and oxygen atoms in total. The largest absolute Gasteiger partial charge is 0.493 e. The Kier molecular flexibility index (Phi) is 8.81. The fraction of sp³-hybridized carbons (Fsp3) is 0.316. The van der Waals surface area contributed by atoms with E-state index in [1.54, 1.807) is 36.4 Å². The van der Waals surface area contributed by atoms with Crippen LogP contribution in [0.15, 0.2) is 48.5 Å². The topological polar surface area (TPSA) is 73.6 Å². The molecule has 0 radical (unpaired) electrons. The highest BCUT2D eigenvalue weighted by atomic mass is 35.5. The molecule has 136 valence electrons. The van der Waals surface area contributed by atoms with E-state index >= 15 is 0 Å². The summed E-state index contributed by atoms with van der Waals surface area (Å²) in [6, 6.07) is 14.4. The lowest BCUT2D eigenvalue weighted by Crippen LogP contribution is -2.13. The van der Waals surface area contributed by atoms with Gasteiger partial charge >= 0.3 is 0 Å². The number of hydrogen-bond donors (Lipinski definition) is 2. The predicted octanol–water partition coefficient (Wildman–Crippen LogP) is 3.73. The minimum Gasteiger partial charge on any atom is -0.493 e. The summed E-state index contributed by atoms with van der Waals surface area (Å²) in [6.45, 7) is 5.72. The first kappa shape index (κ1) is 20.8. The second-order valence-corrected chi connectivity index (χ2v) is 5.85. The van der Waals surface area contributed by atoms with Gasteiger partial charge in [-0.3, -0.25) is 4.79 Å². The molecular weight excluding hydrogens is 340 g/mol. The van der Waals surface area contributed by atoms with E-state index in [2.05, 4.69) is 19.2 Å². The zero-order chi connectivity index (χ0) is 17.4. The summed E-state index contributed by atoms with van der Waals surface area (Å²) in [7, 11) is 0. The van der Waals surface area contributed by atoms with E-state index in [4.69, 9.17) is 15.2 Å². The van der Waals surface area contributed by atoms with E-state index in [1.807, 2.05) is 12.1 Å². The van der Waals surface area contributed by atoms with Gasteiger partial charge in [0, 0.05) is 17.8 Å². The second-order valence-electron chi connectivity index (χ2n) is 5.85. The smallest absolute Gasteiger partial charge is 0.255 e. The third-order valence-electron chi connectivity index (χ3n) is 3.18. The van der Waals surface area contributed by atoms with Crippen molar-refractivity contribution in [2.75, 3.05) is 25.1 Å². The van der Waals surface area contributed by atoms with E-state index in [1.165, 1.54) is 0 Å². The molecule has 6 heteroatoms. The van der Waals surface area contributed by atoms with Crippen LogP contribution in [0, 0.1) is 5.92 Å². The number of carbonyl (C=O) groups is 1. The summed E-state index contributed by atoms with van der Waals surface area (Å²) < 4.78 is 11.1. The summed E-state index contributed by atoms with van der Waals surface area (Å²) >= 11 is 0. The van der Waals surface area contributed by atoms with Gasteiger partial charge in [0.25, 0.3) is 5.91 Å². The Morgan fingerprint density at radius 1 is 1.08 bits per heavy atom. The Labute approximate surface area is 154 Å². The average Bonchev–Trinajstić information content (AvgIpc) is 2.59. The van der Waals surface area contributed by atoms with Gasteiger partial charge in [0.15, 0.2) is 0 Å². The van der Waals surface area contributed by atoms with Gasteiger partial charge < -0.3 is 20.5 Å². The van der Waals surface area contributed by atoms with Crippen LogP contribution in [-0.2, 0) is 0 Å². The molecule has 1 amide bonds. The highest BCUT2D eigenvalue weighted by Crippen LogP contribution is 2.18. The normalized spacial score (nSPS) is 10.1. The van der Waals surface area contributed by atoms with Crippen molar-refractivity contribution in [3.8, 4) is 11.5 Å². The molecule has 0 aliphatic carbocycles. The number of amides is 1. The molecule has 0 aliphatic heterocycles. The van der Waals surface area contributed by atoms with E-state index in [-0.39, 0.29) is 18.3 Å². The van der Waals surface area contributed by atoms with Crippen molar-refractivity contribution in [1.82, 2.24) is 0 Å². The first-order valence-electron chi connectivity index (χ1n) is 8.05. The molecule has 3 N–H and O–H groups in total. The Balaban J connectivity index is 0.00000312. The van der Waals surface area contributed by atoms with Crippen molar-refractivity contribution in [3.63, 3.8) is 0 Å². The molecule has 0 spiro atoms. The van der Waals surface area contributed by atoms with Crippen LogP contribution in [0.1, 0.15) is 24.2 Å². The first-order chi connectivity index (χ1) is 11.6. The number of ether oxygens (including phenoxy) is 2. The summed E-state index contributed by atoms with van der Waals surface area (Å²) in [5, 5.41) is 2.86. The van der Waals surface area contributed by atoms with Crippen LogP contribution in [0.25, 0.3) is 0 Å². The maximum Gasteiger partial charge on any atom is 0.255 e. The molecule has 0 bridgehead atoms. The molecule has 2 aromatic rings. The quantitative estimate of drug-likeness (QED) is 0.748. The Bertz CT molecular complexity index is 660. The lowest BCUT2D eigenvalue weighted by atomic mass is 10.2. The van der Waals surface area contributed by atoms with Crippen molar-refractivity contribution in [1.29, 1.82) is 0 Å². The standard InChI is InChI=1S/C19H24N2O3.ClH/c1-14(2)13-24-18-5-3-4-15(12-18)19(22)21-16-6-8-17(9-7-16)23-11-10-20;/h3-9,12,14H,10-11,13,20H2,1-2H3,(H,21,22);1H. The van der Waals surface area contributed by atoms with Gasteiger partial charge in [-0.1, -0.05) is 19.9 Å². The molecular formula is C19H25ClN2O3. The molecule has 0 unspecified atom stereocenters. The van der Waals surface area contributed by atoms with Gasteiger partial charge in [-0.2, -0.15) is 0 Å². The molecule has 0 atom stereocenters. The van der Waals surface area contributed by atoms with Crippen LogP contribution in [0.5, 0.6) is 11.5 Å². The predicted molar refractivity (Wildman–Crippen MR) is 103 cm³/mol. The molecule has 0 aromatic heterocycles. The molecule has 0 aliphatic rings. The van der Waals surface area contributed by atoms with Gasteiger partial charge in [-0.15, -0.1) is 12.4 Å². The monoisotopic (exact) mass is 364 g/mol. The zero-order valence-electron chi connectivity index (χ0n) is 14.5. The van der Waals surface area contributed by atoms with E-state index in [0.717, 1.165) is 5.75 Å².